The van der Waals surface area contributed by atoms with Crippen LogP contribution < -0.4 is 16.0 Å². The number of hydrogen-bond acceptors (Lipinski definition) is 3. The van der Waals surface area contributed by atoms with Gasteiger partial charge in [-0.1, -0.05) is 12.1 Å². The molecule has 4 heteroatoms. The summed E-state index contributed by atoms with van der Waals surface area (Å²) in [6, 6.07) is 6.62. The summed E-state index contributed by atoms with van der Waals surface area (Å²) < 4.78 is 0. The van der Waals surface area contributed by atoms with Gasteiger partial charge >= 0.3 is 0 Å². The molecule has 2 aliphatic heterocycles. The average molecular weight is 287 g/mol. The monoisotopic (exact) mass is 287 g/mol. The van der Waals surface area contributed by atoms with Crippen molar-refractivity contribution in [1.82, 2.24) is 10.6 Å². The third-order valence-corrected chi connectivity index (χ3v) is 4.74. The maximum absolute atomic E-state index is 12.4. The summed E-state index contributed by atoms with van der Waals surface area (Å²) in [4.78, 5) is 12.4. The summed E-state index contributed by atoms with van der Waals surface area (Å²) in [5.74, 6) is 0.299. The number of nitrogens with one attached hydrogen (secondary N) is 3. The van der Waals surface area contributed by atoms with Crippen molar-refractivity contribution < 1.29 is 4.79 Å². The van der Waals surface area contributed by atoms with Gasteiger partial charge in [-0.2, -0.15) is 0 Å². The van der Waals surface area contributed by atoms with Crippen LogP contribution in [0.4, 0.5) is 5.69 Å². The quantitative estimate of drug-likeness (QED) is 0.797. The van der Waals surface area contributed by atoms with E-state index in [4.69, 9.17) is 0 Å². The van der Waals surface area contributed by atoms with Crippen LogP contribution in [0.5, 0.6) is 0 Å². The summed E-state index contributed by atoms with van der Waals surface area (Å²) in [7, 11) is 0. The fraction of sp³-hybridized carbons (Fsp3) is 0.588. The van der Waals surface area contributed by atoms with Crippen LogP contribution in [0.1, 0.15) is 37.3 Å². The van der Waals surface area contributed by atoms with Crippen molar-refractivity contribution >= 4 is 11.6 Å². The van der Waals surface area contributed by atoms with Crippen LogP contribution in [-0.2, 0) is 17.8 Å². The molecule has 0 aromatic heterocycles. The zero-order chi connectivity index (χ0) is 14.7. The van der Waals surface area contributed by atoms with Gasteiger partial charge in [0.15, 0.2) is 0 Å². The molecule has 4 nitrogen and oxygen atoms in total. The number of piperidine rings is 1. The number of anilines is 1. The lowest BCUT2D eigenvalue weighted by Crippen LogP contribution is -2.46. The van der Waals surface area contributed by atoms with E-state index in [0.717, 1.165) is 32.4 Å². The minimum Gasteiger partial charge on any atom is -0.385 e. The van der Waals surface area contributed by atoms with Gasteiger partial charge in [0, 0.05) is 24.8 Å². The molecule has 2 unspecified atom stereocenters. The summed E-state index contributed by atoms with van der Waals surface area (Å²) in [5, 5.41) is 9.97. The highest BCUT2D eigenvalue weighted by atomic mass is 16.1. The molecule has 1 aromatic carbocycles. The molecule has 1 fully saturated rings. The number of amides is 1. The summed E-state index contributed by atoms with van der Waals surface area (Å²) in [6.07, 6.45) is 4.36. The second-order valence-corrected chi connectivity index (χ2v) is 6.18. The molecule has 21 heavy (non-hydrogen) atoms. The van der Waals surface area contributed by atoms with Gasteiger partial charge < -0.3 is 16.0 Å². The predicted octanol–water partition coefficient (Wildman–Crippen LogP) is 2.05. The molecule has 3 rings (SSSR count). The fourth-order valence-corrected chi connectivity index (χ4v) is 3.46. The second-order valence-electron chi connectivity index (χ2n) is 6.18. The SMILES string of the molecule is CC1NCCCC1C(=O)NCc1cccc2c1CCCN2. The van der Waals surface area contributed by atoms with E-state index in [0.29, 0.717) is 6.54 Å². The van der Waals surface area contributed by atoms with E-state index in [2.05, 4.69) is 41.1 Å². The lowest BCUT2D eigenvalue weighted by Gasteiger charge is -2.29. The first-order valence-electron chi connectivity index (χ1n) is 8.11. The Bertz CT molecular complexity index is 515. The molecule has 114 valence electrons. The largest absolute Gasteiger partial charge is 0.385 e. The smallest absolute Gasteiger partial charge is 0.224 e. The molecule has 2 aliphatic rings. The van der Waals surface area contributed by atoms with E-state index in [1.165, 1.54) is 23.2 Å². The van der Waals surface area contributed by atoms with Crippen molar-refractivity contribution in [2.75, 3.05) is 18.4 Å². The minimum atomic E-state index is 0.108. The molecule has 0 bridgehead atoms. The number of benzene rings is 1. The maximum Gasteiger partial charge on any atom is 0.224 e. The van der Waals surface area contributed by atoms with Crippen molar-refractivity contribution in [1.29, 1.82) is 0 Å². The third-order valence-electron chi connectivity index (χ3n) is 4.74. The van der Waals surface area contributed by atoms with E-state index in [9.17, 15) is 4.79 Å². The van der Waals surface area contributed by atoms with Crippen LogP contribution in [0, 0.1) is 5.92 Å². The Morgan fingerprint density at radius 2 is 2.24 bits per heavy atom. The molecule has 0 saturated carbocycles. The maximum atomic E-state index is 12.4. The highest BCUT2D eigenvalue weighted by molar-refractivity contribution is 5.79. The highest BCUT2D eigenvalue weighted by Crippen LogP contribution is 2.25. The lowest BCUT2D eigenvalue weighted by molar-refractivity contribution is -0.126. The van der Waals surface area contributed by atoms with Gasteiger partial charge in [0.05, 0.1) is 5.92 Å². The summed E-state index contributed by atoms with van der Waals surface area (Å²) in [6.45, 7) is 4.83. The van der Waals surface area contributed by atoms with Crippen LogP contribution in [-0.4, -0.2) is 25.0 Å². The van der Waals surface area contributed by atoms with Crippen LogP contribution in [0.15, 0.2) is 18.2 Å². The first-order chi connectivity index (χ1) is 10.3. The molecular formula is C17H25N3O. The van der Waals surface area contributed by atoms with Gasteiger partial charge in [-0.05, 0) is 56.3 Å². The number of carbonyl (C=O) groups is 1. The van der Waals surface area contributed by atoms with Crippen molar-refractivity contribution in [3.05, 3.63) is 29.3 Å². The summed E-state index contributed by atoms with van der Waals surface area (Å²) in [5.41, 5.74) is 3.86. The Kier molecular flexibility index (Phi) is 4.44. The Morgan fingerprint density at radius 3 is 3.10 bits per heavy atom. The Hall–Kier alpha value is -1.55. The molecule has 1 saturated heterocycles. The zero-order valence-electron chi connectivity index (χ0n) is 12.7. The number of carbonyl (C=O) groups excluding carboxylic acids is 1. The Morgan fingerprint density at radius 1 is 1.33 bits per heavy atom. The van der Waals surface area contributed by atoms with Gasteiger partial charge in [-0.15, -0.1) is 0 Å². The van der Waals surface area contributed by atoms with Gasteiger partial charge in [0.1, 0.15) is 0 Å². The molecule has 2 heterocycles. The standard InChI is InChI=1S/C17H25N3O/c1-12-14(6-3-9-18-12)17(21)20-11-13-5-2-8-16-15(13)7-4-10-19-16/h2,5,8,12,14,18-19H,3-4,6-7,9-11H2,1H3,(H,20,21). The molecule has 0 radical (unpaired) electrons. The Balaban J connectivity index is 1.63. The van der Waals surface area contributed by atoms with Gasteiger partial charge in [-0.25, -0.2) is 0 Å². The van der Waals surface area contributed by atoms with Gasteiger partial charge in [0.2, 0.25) is 5.91 Å². The van der Waals surface area contributed by atoms with Crippen LogP contribution >= 0.6 is 0 Å². The van der Waals surface area contributed by atoms with Crippen molar-refractivity contribution in [3.63, 3.8) is 0 Å². The molecule has 1 aromatic rings. The number of hydrogen-bond donors (Lipinski definition) is 3. The first kappa shape index (κ1) is 14.4. The van der Waals surface area contributed by atoms with E-state index >= 15 is 0 Å². The normalized spacial score (nSPS) is 24.8. The van der Waals surface area contributed by atoms with Crippen molar-refractivity contribution in [2.24, 2.45) is 5.92 Å². The summed E-state index contributed by atoms with van der Waals surface area (Å²) >= 11 is 0. The predicted molar refractivity (Wildman–Crippen MR) is 85.3 cm³/mol. The lowest BCUT2D eigenvalue weighted by atomic mass is 9.91. The van der Waals surface area contributed by atoms with E-state index < -0.39 is 0 Å². The second kappa shape index (κ2) is 6.48. The molecule has 0 spiro atoms. The molecule has 3 N–H and O–H groups in total. The average Bonchev–Trinajstić information content (AvgIpc) is 2.53. The van der Waals surface area contributed by atoms with E-state index in [1.54, 1.807) is 0 Å². The number of fused-ring (bicyclic) bond motifs is 1. The molecular weight excluding hydrogens is 262 g/mol. The van der Waals surface area contributed by atoms with E-state index in [-0.39, 0.29) is 17.9 Å². The molecule has 0 aliphatic carbocycles. The van der Waals surface area contributed by atoms with Gasteiger partial charge in [0.25, 0.3) is 0 Å². The van der Waals surface area contributed by atoms with Crippen LogP contribution in [0.25, 0.3) is 0 Å². The minimum absolute atomic E-state index is 0.108. The van der Waals surface area contributed by atoms with E-state index in [1.807, 2.05) is 0 Å². The topological polar surface area (TPSA) is 53.2 Å². The zero-order valence-corrected chi connectivity index (χ0v) is 12.7. The molecule has 2 atom stereocenters. The van der Waals surface area contributed by atoms with Crippen molar-refractivity contribution in [3.8, 4) is 0 Å². The van der Waals surface area contributed by atoms with Crippen LogP contribution in [0.3, 0.4) is 0 Å². The fourth-order valence-electron chi connectivity index (χ4n) is 3.46. The first-order valence-corrected chi connectivity index (χ1v) is 8.11. The van der Waals surface area contributed by atoms with Crippen LogP contribution in [0.2, 0.25) is 0 Å². The molecule has 1 amide bonds. The van der Waals surface area contributed by atoms with Crippen molar-refractivity contribution in [2.45, 2.75) is 45.2 Å². The highest BCUT2D eigenvalue weighted by Gasteiger charge is 2.27. The Labute approximate surface area is 126 Å². The van der Waals surface area contributed by atoms with Gasteiger partial charge in [-0.3, -0.25) is 4.79 Å². The number of rotatable bonds is 3. The third kappa shape index (κ3) is 3.21.